The molecule has 0 fully saturated rings. The van der Waals surface area contributed by atoms with Crippen LogP contribution in [0.2, 0.25) is 0 Å². The monoisotopic (exact) mass is 208 g/mol. The van der Waals surface area contributed by atoms with Crippen molar-refractivity contribution in [2.24, 2.45) is 0 Å². The van der Waals surface area contributed by atoms with Crippen molar-refractivity contribution in [3.8, 4) is 0 Å². The fourth-order valence-corrected chi connectivity index (χ4v) is 1.63. The average Bonchev–Trinajstić information content (AvgIpc) is 2.24. The van der Waals surface area contributed by atoms with Crippen LogP contribution in [0.3, 0.4) is 0 Å². The number of benzene rings is 1. The number of rotatable bonds is 6. The van der Waals surface area contributed by atoms with Gasteiger partial charge in [0, 0.05) is 6.61 Å². The minimum Gasteiger partial charge on any atom is -0.397 e. The zero-order chi connectivity index (χ0) is 11.1. The molecule has 0 radical (unpaired) electrons. The van der Waals surface area contributed by atoms with Crippen LogP contribution in [0.4, 0.5) is 11.4 Å². The molecule has 0 aliphatic heterocycles. The first kappa shape index (κ1) is 11.9. The van der Waals surface area contributed by atoms with Gasteiger partial charge in [-0.2, -0.15) is 0 Å². The van der Waals surface area contributed by atoms with Crippen molar-refractivity contribution in [3.05, 3.63) is 23.8 Å². The zero-order valence-corrected chi connectivity index (χ0v) is 9.08. The van der Waals surface area contributed by atoms with Crippen LogP contribution in [0, 0.1) is 0 Å². The van der Waals surface area contributed by atoms with Gasteiger partial charge in [-0.05, 0) is 30.9 Å². The molecule has 0 saturated heterocycles. The Kier molecular flexibility index (Phi) is 4.98. The summed E-state index contributed by atoms with van der Waals surface area (Å²) in [4.78, 5) is 0. The highest BCUT2D eigenvalue weighted by Gasteiger charge is 2.01. The molecule has 0 bridgehead atoms. The van der Waals surface area contributed by atoms with Crippen molar-refractivity contribution in [1.82, 2.24) is 0 Å². The first-order valence-corrected chi connectivity index (χ1v) is 5.49. The smallest absolute Gasteiger partial charge is 0.0580 e. The maximum absolute atomic E-state index is 8.63. The predicted molar refractivity (Wildman–Crippen MR) is 64.5 cm³/mol. The molecule has 1 aromatic carbocycles. The third-order valence-electron chi connectivity index (χ3n) is 2.58. The number of hydrogen-bond acceptors (Lipinski definition) is 3. The van der Waals surface area contributed by atoms with E-state index >= 15 is 0 Å². The van der Waals surface area contributed by atoms with E-state index in [1.54, 1.807) is 0 Å². The minimum absolute atomic E-state index is 0.292. The summed E-state index contributed by atoms with van der Waals surface area (Å²) in [7, 11) is 0. The Morgan fingerprint density at radius 2 is 1.73 bits per heavy atom. The fourth-order valence-electron chi connectivity index (χ4n) is 1.63. The minimum atomic E-state index is 0.292. The highest BCUT2D eigenvalue weighted by molar-refractivity contribution is 5.67. The van der Waals surface area contributed by atoms with Gasteiger partial charge < -0.3 is 16.6 Å². The molecule has 15 heavy (non-hydrogen) atoms. The second-order valence-corrected chi connectivity index (χ2v) is 3.81. The lowest BCUT2D eigenvalue weighted by atomic mass is 10.0. The van der Waals surface area contributed by atoms with Gasteiger partial charge in [0.1, 0.15) is 0 Å². The summed E-state index contributed by atoms with van der Waals surface area (Å²) in [6.45, 7) is 0.292. The van der Waals surface area contributed by atoms with E-state index < -0.39 is 0 Å². The van der Waals surface area contributed by atoms with E-state index in [4.69, 9.17) is 16.6 Å². The molecular formula is C12H20N2O. The number of aliphatic hydroxyl groups is 1. The molecular weight excluding hydrogens is 188 g/mol. The Bertz CT molecular complexity index is 300. The molecule has 3 heteroatoms. The van der Waals surface area contributed by atoms with Crippen molar-refractivity contribution in [2.75, 3.05) is 18.1 Å². The standard InChI is InChI=1S/C12H20N2O/c13-11-8-5-7-10(12(11)14)6-3-1-2-4-9-15/h5,7-8,15H,1-4,6,9,13-14H2. The Hall–Kier alpha value is -1.22. The first-order valence-electron chi connectivity index (χ1n) is 5.49. The molecule has 1 aromatic rings. The lowest BCUT2D eigenvalue weighted by Crippen LogP contribution is -1.99. The number of unbranched alkanes of at least 4 members (excludes halogenated alkanes) is 3. The zero-order valence-electron chi connectivity index (χ0n) is 9.08. The van der Waals surface area contributed by atoms with Crippen molar-refractivity contribution in [3.63, 3.8) is 0 Å². The summed E-state index contributed by atoms with van der Waals surface area (Å²) in [5.74, 6) is 0. The highest BCUT2D eigenvalue weighted by Crippen LogP contribution is 2.21. The second-order valence-electron chi connectivity index (χ2n) is 3.81. The van der Waals surface area contributed by atoms with Crippen molar-refractivity contribution in [1.29, 1.82) is 0 Å². The van der Waals surface area contributed by atoms with E-state index in [-0.39, 0.29) is 0 Å². The van der Waals surface area contributed by atoms with Crippen LogP contribution in [-0.4, -0.2) is 11.7 Å². The van der Waals surface area contributed by atoms with Gasteiger partial charge in [-0.25, -0.2) is 0 Å². The molecule has 0 atom stereocenters. The first-order chi connectivity index (χ1) is 7.25. The van der Waals surface area contributed by atoms with E-state index in [2.05, 4.69) is 0 Å². The van der Waals surface area contributed by atoms with Gasteiger partial charge in [-0.1, -0.05) is 25.0 Å². The van der Waals surface area contributed by atoms with Crippen molar-refractivity contribution >= 4 is 11.4 Å². The third-order valence-corrected chi connectivity index (χ3v) is 2.58. The summed E-state index contributed by atoms with van der Waals surface area (Å²) < 4.78 is 0. The van der Waals surface area contributed by atoms with E-state index in [1.165, 1.54) is 0 Å². The summed E-state index contributed by atoms with van der Waals surface area (Å²) in [5.41, 5.74) is 14.1. The lowest BCUT2D eigenvalue weighted by Gasteiger charge is -2.07. The average molecular weight is 208 g/mol. The van der Waals surface area contributed by atoms with Crippen LogP contribution in [0.5, 0.6) is 0 Å². The Morgan fingerprint density at radius 3 is 2.47 bits per heavy atom. The van der Waals surface area contributed by atoms with E-state index in [0.29, 0.717) is 12.3 Å². The maximum atomic E-state index is 8.63. The van der Waals surface area contributed by atoms with Gasteiger partial charge >= 0.3 is 0 Å². The predicted octanol–water partition coefficient (Wildman–Crippen LogP) is 1.95. The molecule has 5 N–H and O–H groups in total. The molecule has 0 heterocycles. The van der Waals surface area contributed by atoms with Gasteiger partial charge in [0.15, 0.2) is 0 Å². The number of aliphatic hydroxyl groups excluding tert-OH is 1. The number of aryl methyl sites for hydroxylation is 1. The summed E-state index contributed by atoms with van der Waals surface area (Å²) in [6.07, 6.45) is 5.19. The number of hydrogen-bond donors (Lipinski definition) is 3. The molecule has 1 rings (SSSR count). The van der Waals surface area contributed by atoms with Gasteiger partial charge in [-0.3, -0.25) is 0 Å². The van der Waals surface area contributed by atoms with Crippen LogP contribution in [0.15, 0.2) is 18.2 Å². The fraction of sp³-hybridized carbons (Fsp3) is 0.500. The van der Waals surface area contributed by atoms with Crippen LogP contribution in [0.1, 0.15) is 31.2 Å². The number of anilines is 2. The number of nitrogen functional groups attached to an aromatic ring is 2. The summed E-state index contributed by atoms with van der Waals surface area (Å²) >= 11 is 0. The maximum Gasteiger partial charge on any atom is 0.0580 e. The van der Waals surface area contributed by atoms with Crippen molar-refractivity contribution < 1.29 is 5.11 Å². The SMILES string of the molecule is Nc1cccc(CCCCCCO)c1N. The highest BCUT2D eigenvalue weighted by atomic mass is 16.2. The number of para-hydroxylation sites is 1. The summed E-state index contributed by atoms with van der Waals surface area (Å²) in [5, 5.41) is 8.63. The van der Waals surface area contributed by atoms with Gasteiger partial charge in [0.25, 0.3) is 0 Å². The Labute approximate surface area is 91.1 Å². The lowest BCUT2D eigenvalue weighted by molar-refractivity contribution is 0.282. The molecule has 84 valence electrons. The molecule has 0 unspecified atom stereocenters. The van der Waals surface area contributed by atoms with Gasteiger partial charge in [0.2, 0.25) is 0 Å². The Balaban J connectivity index is 2.34. The van der Waals surface area contributed by atoms with Crippen LogP contribution < -0.4 is 11.5 Å². The molecule has 3 nitrogen and oxygen atoms in total. The van der Waals surface area contributed by atoms with Crippen LogP contribution in [0.25, 0.3) is 0 Å². The van der Waals surface area contributed by atoms with Gasteiger partial charge in [-0.15, -0.1) is 0 Å². The molecule has 0 aliphatic rings. The third kappa shape index (κ3) is 3.80. The number of nitrogens with two attached hydrogens (primary N) is 2. The molecule has 0 saturated carbocycles. The Morgan fingerprint density at radius 1 is 1.00 bits per heavy atom. The molecule has 0 aromatic heterocycles. The quantitative estimate of drug-likeness (QED) is 0.494. The van der Waals surface area contributed by atoms with Crippen LogP contribution in [-0.2, 0) is 6.42 Å². The molecule has 0 spiro atoms. The normalized spacial score (nSPS) is 10.5. The second kappa shape index (κ2) is 6.30. The topological polar surface area (TPSA) is 72.3 Å². The van der Waals surface area contributed by atoms with Crippen molar-refractivity contribution in [2.45, 2.75) is 32.1 Å². The van der Waals surface area contributed by atoms with E-state index in [0.717, 1.165) is 43.4 Å². The van der Waals surface area contributed by atoms with E-state index in [9.17, 15) is 0 Å². The largest absolute Gasteiger partial charge is 0.397 e. The molecule has 0 amide bonds. The van der Waals surface area contributed by atoms with Gasteiger partial charge in [0.05, 0.1) is 11.4 Å². The molecule has 0 aliphatic carbocycles. The summed E-state index contributed by atoms with van der Waals surface area (Å²) in [6, 6.07) is 5.79. The van der Waals surface area contributed by atoms with E-state index in [1.807, 2.05) is 18.2 Å². The van der Waals surface area contributed by atoms with Crippen LogP contribution >= 0.6 is 0 Å².